The fraction of sp³-hybridized carbons (Fsp3) is 0.219. The van der Waals surface area contributed by atoms with Gasteiger partial charge in [-0.15, -0.1) is 0 Å². The van der Waals surface area contributed by atoms with Crippen LogP contribution in [0.5, 0.6) is 5.75 Å². The van der Waals surface area contributed by atoms with Crippen LogP contribution in [0.3, 0.4) is 0 Å². The first kappa shape index (κ1) is 30.3. The molecule has 0 aliphatic heterocycles. The van der Waals surface area contributed by atoms with Crippen molar-refractivity contribution in [2.45, 2.75) is 35.3 Å². The van der Waals surface area contributed by atoms with Crippen molar-refractivity contribution in [2.24, 2.45) is 0 Å². The molecule has 1 atom stereocenters. The normalized spacial score (nSPS) is 12.3. The van der Waals surface area contributed by atoms with Crippen LogP contribution in [-0.4, -0.2) is 49.2 Å². The molecule has 0 saturated carbocycles. The van der Waals surface area contributed by atoms with Gasteiger partial charge in [-0.3, -0.25) is 4.90 Å². The third-order valence-corrected chi connectivity index (χ3v) is 8.57. The minimum Gasteiger partial charge on any atom is -0.482 e. The lowest BCUT2D eigenvalue weighted by molar-refractivity contribution is -0.139. The van der Waals surface area contributed by atoms with E-state index < -0.39 is 28.5 Å². The molecule has 0 spiro atoms. The number of aliphatic carboxylic acids is 1. The molecule has 0 amide bonds. The maximum Gasteiger partial charge on any atom is 0.341 e. The Bertz CT molecular complexity index is 1540. The highest BCUT2D eigenvalue weighted by Gasteiger charge is 2.19. The highest BCUT2D eigenvalue weighted by atomic mass is 35.5. The van der Waals surface area contributed by atoms with Crippen molar-refractivity contribution >= 4 is 27.4 Å². The smallest absolute Gasteiger partial charge is 0.341 e. The molecule has 0 heterocycles. The number of sulfone groups is 1. The second kappa shape index (κ2) is 14.3. The molecule has 0 saturated heterocycles. The number of hydrogen-bond donors (Lipinski definition) is 2. The third kappa shape index (κ3) is 8.90. The van der Waals surface area contributed by atoms with Gasteiger partial charge in [0.2, 0.25) is 9.84 Å². The van der Waals surface area contributed by atoms with Gasteiger partial charge in [-0.05, 0) is 78.5 Å². The zero-order chi connectivity index (χ0) is 29.2. The van der Waals surface area contributed by atoms with Crippen molar-refractivity contribution in [3.63, 3.8) is 0 Å². The van der Waals surface area contributed by atoms with E-state index in [9.17, 15) is 18.3 Å². The van der Waals surface area contributed by atoms with Crippen LogP contribution in [0.1, 0.15) is 29.2 Å². The molecule has 214 valence electrons. The van der Waals surface area contributed by atoms with Crippen LogP contribution >= 0.6 is 11.6 Å². The Balaban J connectivity index is 1.39. The lowest BCUT2D eigenvalue weighted by Gasteiger charge is -2.25. The molecule has 9 heteroatoms. The van der Waals surface area contributed by atoms with E-state index in [0.717, 1.165) is 36.1 Å². The molecule has 0 unspecified atom stereocenters. The zero-order valence-electron chi connectivity index (χ0n) is 22.4. The summed E-state index contributed by atoms with van der Waals surface area (Å²) in [4.78, 5) is 13.1. The van der Waals surface area contributed by atoms with Crippen molar-refractivity contribution in [3.05, 3.63) is 125 Å². The summed E-state index contributed by atoms with van der Waals surface area (Å²) in [5, 5.41) is 20.3. The molecule has 4 aromatic rings. The Kier molecular flexibility index (Phi) is 10.5. The highest BCUT2D eigenvalue weighted by molar-refractivity contribution is 7.91. The lowest BCUT2D eigenvalue weighted by Crippen LogP contribution is -2.29. The average molecular weight is 594 g/mol. The lowest BCUT2D eigenvalue weighted by atomic mass is 10.1. The van der Waals surface area contributed by atoms with Crippen molar-refractivity contribution in [1.82, 2.24) is 4.90 Å². The summed E-state index contributed by atoms with van der Waals surface area (Å²) in [5.74, 6) is -0.972. The summed E-state index contributed by atoms with van der Waals surface area (Å²) < 4.78 is 31.4. The number of aliphatic hydroxyl groups is 1. The Morgan fingerprint density at radius 3 is 2.29 bits per heavy atom. The van der Waals surface area contributed by atoms with Crippen LogP contribution in [0, 0.1) is 0 Å². The van der Waals surface area contributed by atoms with Gasteiger partial charge in [0, 0.05) is 18.1 Å². The van der Waals surface area contributed by atoms with Gasteiger partial charge in [0.25, 0.3) is 0 Å². The summed E-state index contributed by atoms with van der Waals surface area (Å²) in [5.41, 5.74) is 2.92. The first-order valence-electron chi connectivity index (χ1n) is 13.2. The van der Waals surface area contributed by atoms with E-state index in [-0.39, 0.29) is 15.5 Å². The molecular formula is C32H32ClNO6S. The molecule has 0 fully saturated rings. The second-order valence-corrected chi connectivity index (χ2v) is 12.1. The predicted molar refractivity (Wildman–Crippen MR) is 158 cm³/mol. The van der Waals surface area contributed by atoms with Gasteiger partial charge in [-0.25, -0.2) is 13.2 Å². The van der Waals surface area contributed by atoms with E-state index >= 15 is 0 Å². The fourth-order valence-corrected chi connectivity index (χ4v) is 5.99. The fourth-order valence-electron chi connectivity index (χ4n) is 4.49. The van der Waals surface area contributed by atoms with Gasteiger partial charge < -0.3 is 14.9 Å². The van der Waals surface area contributed by atoms with Crippen molar-refractivity contribution in [1.29, 1.82) is 0 Å². The summed E-state index contributed by atoms with van der Waals surface area (Å²) in [6, 6.07) is 29.9. The standard InChI is InChI=1S/C32H32ClNO6S/c33-27-11-4-10-26(19-27)31(35)22-34(21-25-7-2-1-3-8-25)18-6-9-24-14-16-29(17-15-24)41(38,39)30-13-5-12-28(20-30)40-23-32(36)37/h1-5,7-8,10-17,19-20,31,35H,6,9,18,21-23H2,(H,36,37)/t31-/m0/s1. The van der Waals surface area contributed by atoms with Crippen molar-refractivity contribution in [3.8, 4) is 5.75 Å². The van der Waals surface area contributed by atoms with E-state index in [1.54, 1.807) is 36.4 Å². The number of ether oxygens (including phenoxy) is 1. The maximum absolute atomic E-state index is 13.1. The number of carbonyl (C=O) groups is 1. The number of aliphatic hydroxyl groups excluding tert-OH is 1. The van der Waals surface area contributed by atoms with Crippen LogP contribution < -0.4 is 4.74 Å². The molecule has 0 aliphatic rings. The van der Waals surface area contributed by atoms with Gasteiger partial charge >= 0.3 is 5.97 Å². The monoisotopic (exact) mass is 593 g/mol. The molecule has 2 N–H and O–H groups in total. The van der Waals surface area contributed by atoms with Gasteiger partial charge in [-0.2, -0.15) is 0 Å². The van der Waals surface area contributed by atoms with Crippen molar-refractivity contribution in [2.75, 3.05) is 19.7 Å². The number of aryl methyl sites for hydroxylation is 1. The van der Waals surface area contributed by atoms with Crippen LogP contribution in [-0.2, 0) is 27.6 Å². The summed E-state index contributed by atoms with van der Waals surface area (Å²) in [6.07, 6.45) is 0.858. The van der Waals surface area contributed by atoms with E-state index in [1.165, 1.54) is 24.3 Å². The molecule has 0 bridgehead atoms. The molecule has 0 aromatic heterocycles. The molecule has 41 heavy (non-hydrogen) atoms. The third-order valence-electron chi connectivity index (χ3n) is 6.57. The number of benzene rings is 4. The van der Waals surface area contributed by atoms with E-state index in [4.69, 9.17) is 21.4 Å². The summed E-state index contributed by atoms with van der Waals surface area (Å²) in [6.45, 7) is 1.31. The van der Waals surface area contributed by atoms with Gasteiger partial charge in [-0.1, -0.05) is 72.3 Å². The Morgan fingerprint density at radius 1 is 0.854 bits per heavy atom. The van der Waals surface area contributed by atoms with E-state index in [0.29, 0.717) is 18.1 Å². The number of carboxylic acids is 1. The molecule has 4 aromatic carbocycles. The molecule has 4 rings (SSSR count). The summed E-state index contributed by atoms with van der Waals surface area (Å²) >= 11 is 6.12. The average Bonchev–Trinajstić information content (AvgIpc) is 2.97. The Labute approximate surface area is 245 Å². The van der Waals surface area contributed by atoms with Crippen LogP contribution in [0.25, 0.3) is 0 Å². The molecular weight excluding hydrogens is 562 g/mol. The number of halogens is 1. The van der Waals surface area contributed by atoms with Crippen LogP contribution in [0.4, 0.5) is 0 Å². The van der Waals surface area contributed by atoms with Crippen LogP contribution in [0.15, 0.2) is 113 Å². The largest absolute Gasteiger partial charge is 0.482 e. The van der Waals surface area contributed by atoms with E-state index in [2.05, 4.69) is 17.0 Å². The van der Waals surface area contributed by atoms with Gasteiger partial charge in [0.15, 0.2) is 6.61 Å². The zero-order valence-corrected chi connectivity index (χ0v) is 24.0. The minimum atomic E-state index is -3.80. The summed E-state index contributed by atoms with van der Waals surface area (Å²) in [7, 11) is -3.80. The second-order valence-electron chi connectivity index (χ2n) is 9.70. The molecule has 7 nitrogen and oxygen atoms in total. The first-order chi connectivity index (χ1) is 19.7. The van der Waals surface area contributed by atoms with Gasteiger partial charge in [0.05, 0.1) is 15.9 Å². The van der Waals surface area contributed by atoms with Crippen molar-refractivity contribution < 1.29 is 28.2 Å². The molecule has 0 radical (unpaired) electrons. The first-order valence-corrected chi connectivity index (χ1v) is 15.1. The SMILES string of the molecule is O=C(O)COc1cccc(S(=O)(=O)c2ccc(CCCN(Cc3ccccc3)C[C@H](O)c3cccc(Cl)c3)cc2)c1. The number of nitrogens with zero attached hydrogens (tertiary/aromatic N) is 1. The van der Waals surface area contributed by atoms with E-state index in [1.807, 2.05) is 30.3 Å². The quantitative estimate of drug-likeness (QED) is 0.190. The van der Waals surface area contributed by atoms with Crippen LogP contribution in [0.2, 0.25) is 5.02 Å². The molecule has 0 aliphatic carbocycles. The maximum atomic E-state index is 13.1. The number of carboxylic acid groups (broad SMARTS) is 1. The topological polar surface area (TPSA) is 104 Å². The Hall–Kier alpha value is -3.69. The predicted octanol–water partition coefficient (Wildman–Crippen LogP) is 5.80. The number of hydrogen-bond acceptors (Lipinski definition) is 6. The van der Waals surface area contributed by atoms with Gasteiger partial charge in [0.1, 0.15) is 5.75 Å². The number of rotatable bonds is 14. The Morgan fingerprint density at radius 2 is 1.59 bits per heavy atom. The highest BCUT2D eigenvalue weighted by Crippen LogP contribution is 2.25. The minimum absolute atomic E-state index is 0.0305.